The van der Waals surface area contributed by atoms with Crippen LogP contribution >= 0.6 is 0 Å². The Bertz CT molecular complexity index is 2810. The molecule has 7 aromatic rings. The van der Waals surface area contributed by atoms with Crippen LogP contribution in [0.4, 0.5) is 17.2 Å². The minimum atomic E-state index is -1.62. The number of aromatic hydroxyl groups is 1. The van der Waals surface area contributed by atoms with Crippen molar-refractivity contribution < 1.29 is 26.2 Å². The summed E-state index contributed by atoms with van der Waals surface area (Å²) in [7, 11) is -1.62. The smallest absolute Gasteiger partial charge is 0.136 e. The number of hydrogen-bond acceptors (Lipinski definition) is 4. The number of aromatic nitrogens is 2. The van der Waals surface area contributed by atoms with Crippen LogP contribution in [0, 0.1) is 26.8 Å². The van der Waals surface area contributed by atoms with Crippen LogP contribution in [-0.2, 0) is 37.3 Å². The van der Waals surface area contributed by atoms with Gasteiger partial charge in [-0.25, -0.2) is 4.98 Å². The van der Waals surface area contributed by atoms with Crippen molar-refractivity contribution in [3.8, 4) is 39.4 Å². The second-order valence-corrected chi connectivity index (χ2v) is 25.3. The fourth-order valence-electron chi connectivity index (χ4n) is 9.68. The Morgan fingerprint density at radius 1 is 0.623 bits per heavy atom. The zero-order valence-corrected chi connectivity index (χ0v) is 40.8. The van der Waals surface area contributed by atoms with E-state index >= 15 is 0 Å². The van der Waals surface area contributed by atoms with Crippen molar-refractivity contribution >= 4 is 30.5 Å². The molecule has 0 atom stereocenters. The Labute approximate surface area is 378 Å². The minimum absolute atomic E-state index is 0. The average Bonchev–Trinajstić information content (AvgIpc) is 3.65. The van der Waals surface area contributed by atoms with Crippen LogP contribution in [0.15, 0.2) is 115 Å². The zero-order valence-electron chi connectivity index (χ0n) is 37.6. The minimum Gasteiger partial charge on any atom is -0.507 e. The summed E-state index contributed by atoms with van der Waals surface area (Å²) >= 11 is 0. The number of anilines is 3. The first-order chi connectivity index (χ1) is 28.3. The Morgan fingerprint density at radius 2 is 1.21 bits per heavy atom. The summed E-state index contributed by atoms with van der Waals surface area (Å²) in [6, 6.07) is 45.6. The van der Waals surface area contributed by atoms with E-state index in [1.165, 1.54) is 49.7 Å². The number of fused-ring (bicyclic) bond motifs is 10. The molecule has 2 heterocycles. The molecule has 0 saturated heterocycles. The monoisotopic (exact) mass is 997 g/mol. The molecule has 0 aliphatic heterocycles. The van der Waals surface area contributed by atoms with Crippen LogP contribution in [-0.4, -0.2) is 23.1 Å². The molecule has 312 valence electrons. The van der Waals surface area contributed by atoms with Crippen LogP contribution in [0.3, 0.4) is 0 Å². The third-order valence-electron chi connectivity index (χ3n) is 12.8. The van der Waals surface area contributed by atoms with E-state index in [9.17, 15) is 5.11 Å². The predicted octanol–water partition coefficient (Wildman–Crippen LogP) is 13.5. The number of hydrogen-bond donors (Lipinski definition) is 1. The standard InChI is InChI=1S/C55H56N3OSi.Pt/c1-33-28-40(60(10,11)12)29-34(2)52(33)58(39-18-14-17-36(30-39)47-20-13-16-35(3)56-47)49-27-26-44-51(57-49)50-43(19-15-21-48(50)59)55(44)45-31-37(53(4,5)6)22-24-41(45)42-25-23-38(32-46(42)55)54(7,8)9;/h13-29,31-32,59H,1-12H3;/q-1;. The molecule has 0 bridgehead atoms. The van der Waals surface area contributed by atoms with E-state index in [1.54, 1.807) is 0 Å². The Kier molecular flexibility index (Phi) is 10.3. The number of aryl methyl sites for hydroxylation is 3. The molecule has 5 aromatic carbocycles. The normalized spacial score (nSPS) is 13.6. The van der Waals surface area contributed by atoms with Gasteiger partial charge in [0.1, 0.15) is 11.6 Å². The molecule has 2 aromatic heterocycles. The van der Waals surface area contributed by atoms with Crippen molar-refractivity contribution in [1.82, 2.24) is 9.97 Å². The van der Waals surface area contributed by atoms with Gasteiger partial charge in [-0.1, -0.05) is 145 Å². The third kappa shape index (κ3) is 6.84. The average molecular weight is 998 g/mol. The maximum atomic E-state index is 12.1. The molecular formula is C55H56N3OPtSi-. The van der Waals surface area contributed by atoms with E-state index in [1.807, 2.05) is 31.2 Å². The number of benzene rings is 5. The second kappa shape index (κ2) is 14.8. The van der Waals surface area contributed by atoms with Gasteiger partial charge in [0.2, 0.25) is 0 Å². The number of rotatable bonds is 5. The molecule has 0 saturated carbocycles. The first-order valence-corrected chi connectivity index (χ1v) is 24.8. The van der Waals surface area contributed by atoms with Gasteiger partial charge in [-0.3, -0.25) is 0 Å². The van der Waals surface area contributed by atoms with Crippen LogP contribution in [0.25, 0.3) is 33.6 Å². The van der Waals surface area contributed by atoms with Gasteiger partial charge in [-0.05, 0) is 117 Å². The predicted molar refractivity (Wildman–Crippen MR) is 254 cm³/mol. The molecule has 9 rings (SSSR count). The number of phenolic OH excluding ortho intramolecular Hbond substituents is 1. The molecule has 6 heteroatoms. The molecule has 4 nitrogen and oxygen atoms in total. The van der Waals surface area contributed by atoms with E-state index in [4.69, 9.17) is 9.97 Å². The summed E-state index contributed by atoms with van der Waals surface area (Å²) in [6.45, 7) is 27.4. The van der Waals surface area contributed by atoms with Gasteiger partial charge in [0.05, 0.1) is 24.9 Å². The largest absolute Gasteiger partial charge is 0.507 e. The number of phenols is 1. The van der Waals surface area contributed by atoms with Crippen molar-refractivity contribution in [1.29, 1.82) is 0 Å². The SMILES string of the molecule is Cc1cccc(-c2[c-]c(N(c3ccc4c(n3)-c3c(O)cccc3C43c4cc(C(C)(C)C)ccc4-c4ccc(C(C)(C)C)cc43)c3c(C)cc([Si](C)(C)C)cc3C)ccc2)n1.[Pt]. The van der Waals surface area contributed by atoms with Crippen molar-refractivity contribution in [3.63, 3.8) is 0 Å². The molecule has 61 heavy (non-hydrogen) atoms. The maximum absolute atomic E-state index is 12.1. The van der Waals surface area contributed by atoms with Gasteiger partial charge in [0.25, 0.3) is 0 Å². The maximum Gasteiger partial charge on any atom is 0.136 e. The van der Waals surface area contributed by atoms with Crippen molar-refractivity contribution in [2.24, 2.45) is 0 Å². The van der Waals surface area contributed by atoms with Gasteiger partial charge in [0.15, 0.2) is 0 Å². The van der Waals surface area contributed by atoms with E-state index < -0.39 is 13.5 Å². The van der Waals surface area contributed by atoms with E-state index in [0.717, 1.165) is 56.5 Å². The van der Waals surface area contributed by atoms with Crippen molar-refractivity contribution in [2.45, 2.75) is 98.2 Å². The van der Waals surface area contributed by atoms with Crippen LogP contribution in [0.1, 0.15) is 91.7 Å². The van der Waals surface area contributed by atoms with Gasteiger partial charge in [-0.2, -0.15) is 0 Å². The van der Waals surface area contributed by atoms with Crippen molar-refractivity contribution in [2.75, 3.05) is 4.90 Å². The second-order valence-electron chi connectivity index (χ2n) is 20.2. The van der Waals surface area contributed by atoms with Crippen LogP contribution < -0.4 is 10.1 Å². The summed E-state index contributed by atoms with van der Waals surface area (Å²) in [5, 5.41) is 13.5. The Morgan fingerprint density at radius 3 is 1.79 bits per heavy atom. The molecule has 1 spiro atoms. The van der Waals surface area contributed by atoms with Crippen LogP contribution in [0.2, 0.25) is 19.6 Å². The molecule has 0 unspecified atom stereocenters. The molecule has 0 fully saturated rings. The summed E-state index contributed by atoms with van der Waals surface area (Å²) < 4.78 is 0. The first-order valence-electron chi connectivity index (χ1n) is 21.3. The van der Waals surface area contributed by atoms with E-state index in [0.29, 0.717) is 0 Å². The Balaban J connectivity index is 0.00000514. The molecule has 1 N–H and O–H groups in total. The van der Waals surface area contributed by atoms with Gasteiger partial charge < -0.3 is 15.0 Å². The van der Waals surface area contributed by atoms with Gasteiger partial charge >= 0.3 is 0 Å². The molecule has 2 aliphatic carbocycles. The summed E-state index contributed by atoms with van der Waals surface area (Å²) in [5.74, 6) is 1.00. The third-order valence-corrected chi connectivity index (χ3v) is 14.9. The summed E-state index contributed by atoms with van der Waals surface area (Å²) in [4.78, 5) is 12.9. The Hall–Kier alpha value is -5.09. The molecule has 0 radical (unpaired) electrons. The molecule has 2 aliphatic rings. The topological polar surface area (TPSA) is 49.2 Å². The molecule has 0 amide bonds. The number of nitrogens with zero attached hydrogens (tertiary/aromatic N) is 3. The first kappa shape index (κ1) is 42.6. The number of pyridine rings is 2. The molecular weight excluding hydrogens is 942 g/mol. The van der Waals surface area contributed by atoms with Gasteiger partial charge in [-0.15, -0.1) is 29.8 Å². The summed E-state index contributed by atoms with van der Waals surface area (Å²) in [5.41, 5.74) is 17.5. The fourth-order valence-corrected chi connectivity index (χ4v) is 11.0. The fraction of sp³-hybridized carbons (Fsp3) is 0.273. The quantitative estimate of drug-likeness (QED) is 0.138. The van der Waals surface area contributed by atoms with E-state index in [-0.39, 0.29) is 37.6 Å². The van der Waals surface area contributed by atoms with Crippen molar-refractivity contribution in [3.05, 3.63) is 172 Å². The van der Waals surface area contributed by atoms with Crippen LogP contribution in [0.5, 0.6) is 5.75 Å². The van der Waals surface area contributed by atoms with Gasteiger partial charge in [0, 0.05) is 32.3 Å². The van der Waals surface area contributed by atoms with E-state index in [2.05, 4.69) is 177 Å². The summed E-state index contributed by atoms with van der Waals surface area (Å²) in [6.07, 6.45) is 0. The zero-order chi connectivity index (χ0) is 42.7.